The summed E-state index contributed by atoms with van der Waals surface area (Å²) in [5.41, 5.74) is 0.0874. The fourth-order valence-electron chi connectivity index (χ4n) is 0.769. The summed E-state index contributed by atoms with van der Waals surface area (Å²) < 4.78 is 0. The Bertz CT molecular complexity index is 290. The SMILES string of the molecule is CCSc1ncccc1[N+](=O)[O-]. The highest BCUT2D eigenvalue weighted by molar-refractivity contribution is 7.99. The van der Waals surface area contributed by atoms with Gasteiger partial charge in [0.1, 0.15) is 0 Å². The molecule has 0 saturated heterocycles. The fourth-order valence-corrected chi connectivity index (χ4v) is 1.47. The van der Waals surface area contributed by atoms with Gasteiger partial charge in [0.2, 0.25) is 0 Å². The molecule has 12 heavy (non-hydrogen) atoms. The van der Waals surface area contributed by atoms with Crippen LogP contribution in [0.15, 0.2) is 23.4 Å². The second kappa shape index (κ2) is 4.06. The molecule has 0 unspecified atom stereocenters. The molecule has 1 aromatic heterocycles. The van der Waals surface area contributed by atoms with Gasteiger partial charge in [-0.2, -0.15) is 0 Å². The molecule has 0 aromatic carbocycles. The molecule has 0 amide bonds. The zero-order chi connectivity index (χ0) is 8.97. The largest absolute Gasteiger partial charge is 0.301 e. The number of nitro groups is 1. The average molecular weight is 184 g/mol. The van der Waals surface area contributed by atoms with Crippen molar-refractivity contribution in [3.05, 3.63) is 28.4 Å². The molecule has 0 fully saturated rings. The predicted molar refractivity (Wildman–Crippen MR) is 47.3 cm³/mol. The third-order valence-electron chi connectivity index (χ3n) is 1.23. The molecule has 0 radical (unpaired) electrons. The summed E-state index contributed by atoms with van der Waals surface area (Å²) in [6.45, 7) is 1.93. The summed E-state index contributed by atoms with van der Waals surface area (Å²) in [4.78, 5) is 13.9. The quantitative estimate of drug-likeness (QED) is 0.410. The highest BCUT2D eigenvalue weighted by Crippen LogP contribution is 2.25. The maximum absolute atomic E-state index is 10.4. The smallest absolute Gasteiger partial charge is 0.258 e. The van der Waals surface area contributed by atoms with Crippen LogP contribution in [0.5, 0.6) is 0 Å². The molecule has 0 N–H and O–H groups in total. The first kappa shape index (κ1) is 8.99. The molecule has 0 spiro atoms. The van der Waals surface area contributed by atoms with Crippen LogP contribution in [-0.2, 0) is 0 Å². The van der Waals surface area contributed by atoms with E-state index in [9.17, 15) is 10.1 Å². The van der Waals surface area contributed by atoms with Crippen molar-refractivity contribution in [1.29, 1.82) is 0 Å². The normalized spacial score (nSPS) is 9.75. The molecule has 5 heteroatoms. The number of rotatable bonds is 3. The van der Waals surface area contributed by atoms with Crippen LogP contribution in [0.2, 0.25) is 0 Å². The van der Waals surface area contributed by atoms with E-state index in [-0.39, 0.29) is 5.69 Å². The maximum Gasteiger partial charge on any atom is 0.301 e. The molecule has 0 saturated carbocycles. The lowest BCUT2D eigenvalue weighted by molar-refractivity contribution is -0.388. The van der Waals surface area contributed by atoms with Crippen molar-refractivity contribution in [2.75, 3.05) is 5.75 Å². The molecule has 0 atom stereocenters. The summed E-state index contributed by atoms with van der Waals surface area (Å²) in [5.74, 6) is 0.790. The molecule has 0 aliphatic heterocycles. The van der Waals surface area contributed by atoms with Crippen molar-refractivity contribution in [3.63, 3.8) is 0 Å². The van der Waals surface area contributed by atoms with E-state index in [4.69, 9.17) is 0 Å². The lowest BCUT2D eigenvalue weighted by atomic mass is 10.4. The third-order valence-corrected chi connectivity index (χ3v) is 2.11. The van der Waals surface area contributed by atoms with Crippen LogP contribution < -0.4 is 0 Å². The zero-order valence-corrected chi connectivity index (χ0v) is 7.37. The molecule has 1 aromatic rings. The Hall–Kier alpha value is -1.10. The van der Waals surface area contributed by atoms with Gasteiger partial charge in [0.25, 0.3) is 0 Å². The number of pyridine rings is 1. The molecule has 64 valence electrons. The number of nitrogens with zero attached hydrogens (tertiary/aromatic N) is 2. The Balaban J connectivity index is 3.00. The van der Waals surface area contributed by atoms with Crippen molar-refractivity contribution in [1.82, 2.24) is 4.98 Å². The summed E-state index contributed by atoms with van der Waals surface area (Å²) in [5, 5.41) is 10.9. The van der Waals surface area contributed by atoms with Gasteiger partial charge in [0, 0.05) is 12.3 Å². The van der Waals surface area contributed by atoms with Crippen LogP contribution in [0.4, 0.5) is 5.69 Å². The van der Waals surface area contributed by atoms with Gasteiger partial charge < -0.3 is 0 Å². The zero-order valence-electron chi connectivity index (χ0n) is 6.56. The van der Waals surface area contributed by atoms with Gasteiger partial charge in [-0.25, -0.2) is 4.98 Å². The fraction of sp³-hybridized carbons (Fsp3) is 0.286. The van der Waals surface area contributed by atoms with Crippen LogP contribution in [0, 0.1) is 10.1 Å². The molecule has 0 aliphatic carbocycles. The number of hydrogen-bond donors (Lipinski definition) is 0. The topological polar surface area (TPSA) is 56.0 Å². The van der Waals surface area contributed by atoms with Crippen LogP contribution in [0.3, 0.4) is 0 Å². The monoisotopic (exact) mass is 184 g/mol. The minimum atomic E-state index is -0.412. The van der Waals surface area contributed by atoms with Gasteiger partial charge in [0.15, 0.2) is 5.03 Å². The van der Waals surface area contributed by atoms with Crippen molar-refractivity contribution < 1.29 is 4.92 Å². The third kappa shape index (κ3) is 1.94. The average Bonchev–Trinajstić information content (AvgIpc) is 2.05. The second-order valence-corrected chi connectivity index (χ2v) is 3.27. The van der Waals surface area contributed by atoms with Crippen molar-refractivity contribution in [2.45, 2.75) is 11.9 Å². The molecule has 0 bridgehead atoms. The van der Waals surface area contributed by atoms with Crippen molar-refractivity contribution in [2.24, 2.45) is 0 Å². The first-order valence-corrected chi connectivity index (χ1v) is 4.46. The highest BCUT2D eigenvalue weighted by Gasteiger charge is 2.12. The summed E-state index contributed by atoms with van der Waals surface area (Å²) in [7, 11) is 0. The van der Waals surface area contributed by atoms with Crippen molar-refractivity contribution >= 4 is 17.4 Å². The van der Waals surface area contributed by atoms with Crippen LogP contribution in [0.25, 0.3) is 0 Å². The summed E-state index contributed by atoms with van der Waals surface area (Å²) >= 11 is 1.38. The number of hydrogen-bond acceptors (Lipinski definition) is 4. The molecule has 0 aliphatic rings. The minimum Gasteiger partial charge on any atom is -0.258 e. The van der Waals surface area contributed by atoms with Gasteiger partial charge in [0.05, 0.1) is 4.92 Å². The number of thioether (sulfide) groups is 1. The highest BCUT2D eigenvalue weighted by atomic mass is 32.2. The lowest BCUT2D eigenvalue weighted by Crippen LogP contribution is -1.92. The Morgan fingerprint density at radius 3 is 3.08 bits per heavy atom. The number of aromatic nitrogens is 1. The second-order valence-electron chi connectivity index (χ2n) is 2.02. The van der Waals surface area contributed by atoms with E-state index in [1.54, 1.807) is 12.3 Å². The standard InChI is InChI=1S/C7H8N2O2S/c1-2-12-7-6(9(10)11)4-3-5-8-7/h3-5H,2H2,1H3. The van der Waals surface area contributed by atoms with E-state index in [0.717, 1.165) is 5.75 Å². The van der Waals surface area contributed by atoms with Gasteiger partial charge in [-0.15, -0.1) is 0 Å². The Kier molecular flexibility index (Phi) is 3.04. The first-order valence-electron chi connectivity index (χ1n) is 3.48. The van der Waals surface area contributed by atoms with Crippen molar-refractivity contribution in [3.8, 4) is 0 Å². The van der Waals surface area contributed by atoms with E-state index >= 15 is 0 Å². The first-order chi connectivity index (χ1) is 5.75. The van der Waals surface area contributed by atoms with E-state index in [1.165, 1.54) is 17.8 Å². The minimum absolute atomic E-state index is 0.0874. The Morgan fingerprint density at radius 1 is 1.75 bits per heavy atom. The van der Waals surface area contributed by atoms with E-state index in [2.05, 4.69) is 4.98 Å². The van der Waals surface area contributed by atoms with E-state index < -0.39 is 4.92 Å². The molecular weight excluding hydrogens is 176 g/mol. The van der Waals surface area contributed by atoms with E-state index in [0.29, 0.717) is 5.03 Å². The lowest BCUT2D eigenvalue weighted by Gasteiger charge is -1.97. The molecule has 4 nitrogen and oxygen atoms in total. The van der Waals surface area contributed by atoms with E-state index in [1.807, 2.05) is 6.92 Å². The van der Waals surface area contributed by atoms with Crippen LogP contribution >= 0.6 is 11.8 Å². The van der Waals surface area contributed by atoms with Gasteiger partial charge in [-0.1, -0.05) is 18.7 Å². The molecular formula is C7H8N2O2S. The maximum atomic E-state index is 10.4. The summed E-state index contributed by atoms with van der Waals surface area (Å²) in [6.07, 6.45) is 1.56. The van der Waals surface area contributed by atoms with Crippen LogP contribution in [-0.4, -0.2) is 15.7 Å². The van der Waals surface area contributed by atoms with Gasteiger partial charge in [-0.3, -0.25) is 10.1 Å². The van der Waals surface area contributed by atoms with Gasteiger partial charge >= 0.3 is 5.69 Å². The Labute approximate surface area is 74.2 Å². The van der Waals surface area contributed by atoms with Gasteiger partial charge in [-0.05, 0) is 11.8 Å². The summed E-state index contributed by atoms with van der Waals surface area (Å²) in [6, 6.07) is 3.03. The molecule has 1 heterocycles. The molecule has 1 rings (SSSR count). The predicted octanol–water partition coefficient (Wildman–Crippen LogP) is 2.10. The Morgan fingerprint density at radius 2 is 2.50 bits per heavy atom. The van der Waals surface area contributed by atoms with Crippen LogP contribution in [0.1, 0.15) is 6.92 Å².